The third-order valence-electron chi connectivity index (χ3n) is 2.12. The summed E-state index contributed by atoms with van der Waals surface area (Å²) in [5, 5.41) is 22.4. The van der Waals surface area contributed by atoms with Crippen molar-refractivity contribution in [1.82, 2.24) is 9.78 Å². The van der Waals surface area contributed by atoms with Gasteiger partial charge >= 0.3 is 0 Å². The number of aliphatic hydroxyl groups excluding tert-OH is 1. The molecule has 4 nitrogen and oxygen atoms in total. The predicted molar refractivity (Wildman–Crippen MR) is 52.3 cm³/mol. The molecule has 14 heavy (non-hydrogen) atoms. The highest BCUT2D eigenvalue weighted by atomic mass is 16.3. The normalized spacial score (nSPS) is 14.7. The molecule has 0 radical (unpaired) electrons. The van der Waals surface area contributed by atoms with Gasteiger partial charge < -0.3 is 5.11 Å². The average Bonchev–Trinajstić information content (AvgIpc) is 2.64. The van der Waals surface area contributed by atoms with E-state index in [4.69, 9.17) is 5.26 Å². The number of aliphatic hydroxyl groups is 1. The second-order valence-electron chi connectivity index (χ2n) is 3.40. The van der Waals surface area contributed by atoms with Crippen LogP contribution < -0.4 is 0 Å². The van der Waals surface area contributed by atoms with Gasteiger partial charge in [-0.1, -0.05) is 6.92 Å². The van der Waals surface area contributed by atoms with Gasteiger partial charge in [0.25, 0.3) is 0 Å². The Kier molecular flexibility index (Phi) is 3.66. The van der Waals surface area contributed by atoms with Crippen molar-refractivity contribution < 1.29 is 5.11 Å². The van der Waals surface area contributed by atoms with Gasteiger partial charge in [-0.2, -0.15) is 10.4 Å². The first-order valence-corrected chi connectivity index (χ1v) is 4.79. The molecule has 0 saturated carbocycles. The molecule has 2 atom stereocenters. The van der Waals surface area contributed by atoms with E-state index in [0.717, 1.165) is 13.0 Å². The minimum atomic E-state index is -0.731. The Morgan fingerprint density at radius 2 is 2.43 bits per heavy atom. The quantitative estimate of drug-likeness (QED) is 0.788. The molecule has 0 aromatic carbocycles. The summed E-state index contributed by atoms with van der Waals surface area (Å²) in [4.78, 5) is 0. The second-order valence-corrected chi connectivity index (χ2v) is 3.40. The third-order valence-corrected chi connectivity index (χ3v) is 2.12. The predicted octanol–water partition coefficient (Wildman–Crippen LogP) is 1.49. The average molecular weight is 193 g/mol. The highest BCUT2D eigenvalue weighted by molar-refractivity contribution is 5.11. The van der Waals surface area contributed by atoms with Crippen molar-refractivity contribution >= 4 is 0 Å². The van der Waals surface area contributed by atoms with E-state index in [1.165, 1.54) is 0 Å². The Morgan fingerprint density at radius 3 is 3.00 bits per heavy atom. The van der Waals surface area contributed by atoms with E-state index in [9.17, 15) is 5.11 Å². The lowest BCUT2D eigenvalue weighted by molar-refractivity contribution is 0.142. The van der Waals surface area contributed by atoms with Gasteiger partial charge in [0.1, 0.15) is 0 Å². The molecule has 2 unspecified atom stereocenters. The molecule has 0 saturated heterocycles. The van der Waals surface area contributed by atoms with Crippen LogP contribution in [0.4, 0.5) is 0 Å². The first-order chi connectivity index (χ1) is 6.69. The van der Waals surface area contributed by atoms with Crippen LogP contribution in [0.25, 0.3) is 0 Å². The first kappa shape index (κ1) is 10.7. The fourth-order valence-electron chi connectivity index (χ4n) is 1.24. The van der Waals surface area contributed by atoms with Crippen LogP contribution in [0.2, 0.25) is 0 Å². The fourth-order valence-corrected chi connectivity index (χ4v) is 1.24. The Labute approximate surface area is 83.8 Å². The van der Waals surface area contributed by atoms with Gasteiger partial charge in [-0.3, -0.25) is 4.68 Å². The van der Waals surface area contributed by atoms with Gasteiger partial charge in [0, 0.05) is 18.3 Å². The lowest BCUT2D eigenvalue weighted by atomic mass is 10.0. The van der Waals surface area contributed by atoms with Crippen molar-refractivity contribution in [2.45, 2.75) is 32.9 Å². The summed E-state index contributed by atoms with van der Waals surface area (Å²) in [7, 11) is 0. The SMILES string of the molecule is CCCn1cc(C(O)C(C)C#N)cn1. The highest BCUT2D eigenvalue weighted by Crippen LogP contribution is 2.20. The standard InChI is InChI=1S/C10H15N3O/c1-3-4-13-7-9(6-12-13)10(14)8(2)5-11/h6-8,10,14H,3-4H2,1-2H3. The largest absolute Gasteiger partial charge is 0.387 e. The van der Waals surface area contributed by atoms with Crippen LogP contribution in [0.1, 0.15) is 31.9 Å². The maximum absolute atomic E-state index is 9.69. The topological polar surface area (TPSA) is 61.8 Å². The zero-order valence-corrected chi connectivity index (χ0v) is 8.51. The van der Waals surface area contributed by atoms with Crippen LogP contribution in [-0.2, 0) is 6.54 Å². The fraction of sp³-hybridized carbons (Fsp3) is 0.600. The molecular formula is C10H15N3O. The second kappa shape index (κ2) is 4.77. The van der Waals surface area contributed by atoms with Crippen molar-refractivity contribution in [2.24, 2.45) is 5.92 Å². The van der Waals surface area contributed by atoms with Crippen molar-refractivity contribution in [1.29, 1.82) is 5.26 Å². The van der Waals surface area contributed by atoms with Crippen LogP contribution in [0.5, 0.6) is 0 Å². The van der Waals surface area contributed by atoms with Crippen molar-refractivity contribution in [3.05, 3.63) is 18.0 Å². The van der Waals surface area contributed by atoms with E-state index in [-0.39, 0.29) is 0 Å². The van der Waals surface area contributed by atoms with E-state index < -0.39 is 12.0 Å². The Balaban J connectivity index is 2.72. The number of aromatic nitrogens is 2. The van der Waals surface area contributed by atoms with Gasteiger partial charge in [-0.25, -0.2) is 0 Å². The number of aryl methyl sites for hydroxylation is 1. The zero-order chi connectivity index (χ0) is 10.6. The molecule has 1 aromatic heterocycles. The molecule has 0 fully saturated rings. The molecule has 0 amide bonds. The molecule has 4 heteroatoms. The van der Waals surface area contributed by atoms with Crippen molar-refractivity contribution in [2.75, 3.05) is 0 Å². The zero-order valence-electron chi connectivity index (χ0n) is 8.51. The van der Waals surface area contributed by atoms with E-state index in [0.29, 0.717) is 5.56 Å². The van der Waals surface area contributed by atoms with E-state index in [2.05, 4.69) is 12.0 Å². The monoisotopic (exact) mass is 193 g/mol. The molecule has 76 valence electrons. The number of nitrogens with zero attached hydrogens (tertiary/aromatic N) is 3. The van der Waals surface area contributed by atoms with E-state index in [1.54, 1.807) is 24.0 Å². The highest BCUT2D eigenvalue weighted by Gasteiger charge is 2.17. The number of hydrogen-bond donors (Lipinski definition) is 1. The Bertz CT molecular complexity index is 326. The number of hydrogen-bond acceptors (Lipinski definition) is 3. The summed E-state index contributed by atoms with van der Waals surface area (Å²) in [6.45, 7) is 4.60. The van der Waals surface area contributed by atoms with E-state index in [1.807, 2.05) is 6.07 Å². The van der Waals surface area contributed by atoms with Crippen molar-refractivity contribution in [3.8, 4) is 6.07 Å². The summed E-state index contributed by atoms with van der Waals surface area (Å²) in [5.74, 6) is -0.394. The molecule has 0 spiro atoms. The summed E-state index contributed by atoms with van der Waals surface area (Å²) in [5.41, 5.74) is 0.715. The van der Waals surface area contributed by atoms with Crippen LogP contribution in [0.15, 0.2) is 12.4 Å². The molecule has 0 aliphatic carbocycles. The Hall–Kier alpha value is -1.34. The third kappa shape index (κ3) is 2.33. The molecule has 0 bridgehead atoms. The van der Waals surface area contributed by atoms with Crippen LogP contribution in [-0.4, -0.2) is 14.9 Å². The first-order valence-electron chi connectivity index (χ1n) is 4.79. The summed E-state index contributed by atoms with van der Waals surface area (Å²) in [6, 6.07) is 2.02. The lowest BCUT2D eigenvalue weighted by Gasteiger charge is -2.08. The smallest absolute Gasteiger partial charge is 0.0975 e. The minimum absolute atomic E-state index is 0.394. The van der Waals surface area contributed by atoms with Gasteiger partial charge in [0.2, 0.25) is 0 Å². The van der Waals surface area contributed by atoms with Crippen LogP contribution in [0, 0.1) is 17.2 Å². The summed E-state index contributed by atoms with van der Waals surface area (Å²) in [6.07, 6.45) is 3.69. The molecule has 0 aliphatic heterocycles. The van der Waals surface area contributed by atoms with Crippen LogP contribution in [0.3, 0.4) is 0 Å². The van der Waals surface area contributed by atoms with E-state index >= 15 is 0 Å². The lowest BCUT2D eigenvalue weighted by Crippen LogP contribution is -2.06. The summed E-state index contributed by atoms with van der Waals surface area (Å²) >= 11 is 0. The van der Waals surface area contributed by atoms with Gasteiger partial charge in [-0.05, 0) is 13.3 Å². The minimum Gasteiger partial charge on any atom is -0.387 e. The molecule has 1 heterocycles. The van der Waals surface area contributed by atoms with Gasteiger partial charge in [0.05, 0.1) is 24.3 Å². The van der Waals surface area contributed by atoms with Crippen molar-refractivity contribution in [3.63, 3.8) is 0 Å². The summed E-state index contributed by atoms with van der Waals surface area (Å²) < 4.78 is 1.78. The maximum atomic E-state index is 9.69. The molecule has 1 rings (SSSR count). The molecule has 0 aliphatic rings. The maximum Gasteiger partial charge on any atom is 0.0975 e. The Morgan fingerprint density at radius 1 is 1.71 bits per heavy atom. The van der Waals surface area contributed by atoms with Gasteiger partial charge in [-0.15, -0.1) is 0 Å². The molecule has 1 aromatic rings. The molecular weight excluding hydrogens is 178 g/mol. The number of rotatable bonds is 4. The van der Waals surface area contributed by atoms with Crippen LogP contribution >= 0.6 is 0 Å². The number of nitriles is 1. The van der Waals surface area contributed by atoms with Gasteiger partial charge in [0.15, 0.2) is 0 Å². The molecule has 1 N–H and O–H groups in total.